The molecule has 1 aromatic heterocycles. The molecule has 4 heteroatoms. The first-order valence-electron chi connectivity index (χ1n) is 7.69. The maximum absolute atomic E-state index is 12.9. The van der Waals surface area contributed by atoms with Crippen LogP contribution in [0.25, 0.3) is 0 Å². The van der Waals surface area contributed by atoms with Crippen molar-refractivity contribution in [2.75, 3.05) is 19.6 Å². The third kappa shape index (κ3) is 3.50. The van der Waals surface area contributed by atoms with Gasteiger partial charge in [-0.25, -0.2) is 4.39 Å². The maximum atomic E-state index is 12.9. The molecule has 0 amide bonds. The van der Waals surface area contributed by atoms with Crippen LogP contribution in [0.1, 0.15) is 35.6 Å². The number of benzene rings is 1. The maximum Gasteiger partial charge on any atom is 0.123 e. The van der Waals surface area contributed by atoms with Crippen molar-refractivity contribution in [1.82, 2.24) is 15.1 Å². The summed E-state index contributed by atoms with van der Waals surface area (Å²) in [6.45, 7) is 5.40. The van der Waals surface area contributed by atoms with Crippen LogP contribution in [0.4, 0.5) is 4.39 Å². The molecule has 1 atom stereocenters. The summed E-state index contributed by atoms with van der Waals surface area (Å²) in [5.41, 5.74) is 3.76. The lowest BCUT2D eigenvalue weighted by molar-refractivity contribution is 0.208. The third-order valence-corrected chi connectivity index (χ3v) is 4.41. The van der Waals surface area contributed by atoms with Crippen molar-refractivity contribution in [1.29, 1.82) is 0 Å². The molecule has 1 saturated heterocycles. The number of halogens is 1. The second kappa shape index (κ2) is 6.39. The van der Waals surface area contributed by atoms with E-state index in [1.165, 1.54) is 29.7 Å². The van der Waals surface area contributed by atoms with E-state index in [1.807, 2.05) is 18.3 Å². The van der Waals surface area contributed by atoms with E-state index in [2.05, 4.69) is 22.0 Å². The van der Waals surface area contributed by atoms with Crippen LogP contribution in [0.15, 0.2) is 30.5 Å². The lowest BCUT2D eigenvalue weighted by atomic mass is 9.92. The quantitative estimate of drug-likeness (QED) is 0.936. The van der Waals surface area contributed by atoms with Crippen LogP contribution >= 0.6 is 0 Å². The van der Waals surface area contributed by atoms with Crippen LogP contribution in [-0.2, 0) is 6.42 Å². The number of aryl methyl sites for hydroxylation is 1. The van der Waals surface area contributed by atoms with Gasteiger partial charge in [0.2, 0.25) is 0 Å². The average molecular weight is 287 g/mol. The Bertz CT molecular complexity index is 576. The average Bonchev–Trinajstić information content (AvgIpc) is 2.93. The van der Waals surface area contributed by atoms with Gasteiger partial charge in [0.1, 0.15) is 5.82 Å². The van der Waals surface area contributed by atoms with Gasteiger partial charge in [-0.2, -0.15) is 5.10 Å². The van der Waals surface area contributed by atoms with Gasteiger partial charge >= 0.3 is 0 Å². The van der Waals surface area contributed by atoms with Crippen molar-refractivity contribution >= 4 is 0 Å². The summed E-state index contributed by atoms with van der Waals surface area (Å²) in [6.07, 6.45) is 5.35. The number of H-pyrrole nitrogens is 1. The molecule has 3 nitrogen and oxygen atoms in total. The highest BCUT2D eigenvalue weighted by Crippen LogP contribution is 2.27. The Morgan fingerprint density at radius 1 is 1.33 bits per heavy atom. The zero-order chi connectivity index (χ0) is 14.7. The number of hydrogen-bond acceptors (Lipinski definition) is 2. The predicted octanol–water partition coefficient (Wildman–Crippen LogP) is 3.28. The van der Waals surface area contributed by atoms with Gasteiger partial charge in [-0.1, -0.05) is 12.1 Å². The van der Waals surface area contributed by atoms with Gasteiger partial charge in [0.05, 0.1) is 6.20 Å². The number of piperidine rings is 1. The highest BCUT2D eigenvalue weighted by molar-refractivity contribution is 5.20. The number of likely N-dealkylation sites (tertiary alicyclic amines) is 1. The Morgan fingerprint density at radius 2 is 2.14 bits per heavy atom. The molecule has 0 saturated carbocycles. The molecule has 21 heavy (non-hydrogen) atoms. The molecule has 0 radical (unpaired) electrons. The van der Waals surface area contributed by atoms with Crippen molar-refractivity contribution in [3.05, 3.63) is 53.1 Å². The second-order valence-electron chi connectivity index (χ2n) is 5.98. The van der Waals surface area contributed by atoms with Crippen LogP contribution in [-0.4, -0.2) is 34.7 Å². The summed E-state index contributed by atoms with van der Waals surface area (Å²) in [4.78, 5) is 2.51. The summed E-state index contributed by atoms with van der Waals surface area (Å²) in [5.74, 6) is 0.404. The fourth-order valence-electron chi connectivity index (χ4n) is 3.20. The molecule has 0 bridgehead atoms. The van der Waals surface area contributed by atoms with Crippen molar-refractivity contribution in [3.63, 3.8) is 0 Å². The molecular weight excluding hydrogens is 265 g/mol. The van der Waals surface area contributed by atoms with Crippen molar-refractivity contribution in [2.24, 2.45) is 0 Å². The molecule has 0 aliphatic carbocycles. The minimum Gasteiger partial charge on any atom is -0.302 e. The Morgan fingerprint density at radius 3 is 2.86 bits per heavy atom. The Balaban J connectivity index is 1.56. The first-order valence-corrected chi connectivity index (χ1v) is 7.69. The minimum atomic E-state index is -0.161. The first kappa shape index (κ1) is 14.3. The van der Waals surface area contributed by atoms with Gasteiger partial charge < -0.3 is 4.90 Å². The smallest absolute Gasteiger partial charge is 0.123 e. The predicted molar refractivity (Wildman–Crippen MR) is 81.8 cm³/mol. The number of hydrogen-bond donors (Lipinski definition) is 1. The molecule has 1 aromatic carbocycles. The molecule has 0 spiro atoms. The van der Waals surface area contributed by atoms with Crippen molar-refractivity contribution < 1.29 is 4.39 Å². The lowest BCUT2D eigenvalue weighted by Crippen LogP contribution is -2.36. The summed E-state index contributed by atoms with van der Waals surface area (Å²) < 4.78 is 12.9. The SMILES string of the molecule is Cc1cn[nH]c1C1CCCN(CCc2ccc(F)cc2)C1. The summed E-state index contributed by atoms with van der Waals surface area (Å²) in [7, 11) is 0. The van der Waals surface area contributed by atoms with Crippen LogP contribution in [0.3, 0.4) is 0 Å². The van der Waals surface area contributed by atoms with Crippen molar-refractivity contribution in [2.45, 2.75) is 32.1 Å². The molecule has 1 aliphatic heterocycles. The molecule has 1 unspecified atom stereocenters. The third-order valence-electron chi connectivity index (χ3n) is 4.41. The number of nitrogens with one attached hydrogen (secondary N) is 1. The van der Waals surface area contributed by atoms with Crippen LogP contribution < -0.4 is 0 Å². The van der Waals surface area contributed by atoms with Crippen LogP contribution in [0.5, 0.6) is 0 Å². The zero-order valence-electron chi connectivity index (χ0n) is 12.5. The standard InChI is InChI=1S/C17H22FN3/c1-13-11-19-20-17(13)15-3-2-9-21(12-15)10-8-14-4-6-16(18)7-5-14/h4-7,11,15H,2-3,8-10,12H2,1H3,(H,19,20). The van der Waals surface area contributed by atoms with E-state index in [0.717, 1.165) is 26.1 Å². The highest BCUT2D eigenvalue weighted by Gasteiger charge is 2.23. The summed E-state index contributed by atoms with van der Waals surface area (Å²) in [6, 6.07) is 6.86. The number of aromatic amines is 1. The van der Waals surface area contributed by atoms with Gasteiger partial charge in [0.15, 0.2) is 0 Å². The topological polar surface area (TPSA) is 31.9 Å². The first-order chi connectivity index (χ1) is 10.2. The van der Waals surface area contributed by atoms with Crippen molar-refractivity contribution in [3.8, 4) is 0 Å². The molecule has 1 fully saturated rings. The van der Waals surface area contributed by atoms with Gasteiger partial charge in [-0.15, -0.1) is 0 Å². The molecule has 2 heterocycles. The monoisotopic (exact) mass is 287 g/mol. The Kier molecular flexibility index (Phi) is 4.34. The number of nitrogens with zero attached hydrogens (tertiary/aromatic N) is 2. The van der Waals surface area contributed by atoms with Gasteiger partial charge in [-0.05, 0) is 56.0 Å². The van der Waals surface area contributed by atoms with Gasteiger partial charge in [0, 0.05) is 24.7 Å². The zero-order valence-corrected chi connectivity index (χ0v) is 12.5. The summed E-state index contributed by atoms with van der Waals surface area (Å²) in [5, 5.41) is 7.30. The second-order valence-corrected chi connectivity index (χ2v) is 5.98. The van der Waals surface area contributed by atoms with Gasteiger partial charge in [-0.3, -0.25) is 5.10 Å². The van der Waals surface area contributed by atoms with E-state index in [4.69, 9.17) is 0 Å². The molecule has 112 valence electrons. The van der Waals surface area contributed by atoms with E-state index in [-0.39, 0.29) is 5.82 Å². The Hall–Kier alpha value is -1.68. The number of rotatable bonds is 4. The molecular formula is C17H22FN3. The summed E-state index contributed by atoms with van der Waals surface area (Å²) >= 11 is 0. The molecule has 1 aliphatic rings. The Labute approximate surface area is 125 Å². The van der Waals surface area contributed by atoms with E-state index in [0.29, 0.717) is 5.92 Å². The van der Waals surface area contributed by atoms with E-state index < -0.39 is 0 Å². The van der Waals surface area contributed by atoms with Crippen LogP contribution in [0.2, 0.25) is 0 Å². The minimum absolute atomic E-state index is 0.161. The normalized spacial score (nSPS) is 19.8. The molecule has 3 rings (SSSR count). The van der Waals surface area contributed by atoms with E-state index >= 15 is 0 Å². The highest BCUT2D eigenvalue weighted by atomic mass is 19.1. The number of aromatic nitrogens is 2. The van der Waals surface area contributed by atoms with Gasteiger partial charge in [0.25, 0.3) is 0 Å². The molecule has 1 N–H and O–H groups in total. The fraction of sp³-hybridized carbons (Fsp3) is 0.471. The fourth-order valence-corrected chi connectivity index (χ4v) is 3.20. The van der Waals surface area contributed by atoms with E-state index in [9.17, 15) is 4.39 Å². The van der Waals surface area contributed by atoms with E-state index in [1.54, 1.807) is 12.1 Å². The molecule has 2 aromatic rings. The lowest BCUT2D eigenvalue weighted by Gasteiger charge is -2.32. The largest absolute Gasteiger partial charge is 0.302 e. The van der Waals surface area contributed by atoms with Crippen LogP contribution in [0, 0.1) is 12.7 Å².